The lowest BCUT2D eigenvalue weighted by Crippen LogP contribution is -1.92. The van der Waals surface area contributed by atoms with Gasteiger partial charge in [-0.1, -0.05) is 13.0 Å². The third kappa shape index (κ3) is 2.49. The molecule has 0 spiro atoms. The van der Waals surface area contributed by atoms with Crippen molar-refractivity contribution in [2.75, 3.05) is 0 Å². The molecule has 0 aliphatic carbocycles. The van der Waals surface area contributed by atoms with Crippen LogP contribution in [0.2, 0.25) is 0 Å². The Morgan fingerprint density at radius 2 is 2.18 bits per heavy atom. The Kier molecular flexibility index (Phi) is 3.71. The summed E-state index contributed by atoms with van der Waals surface area (Å²) in [6, 6.07) is 10.2. The molecule has 2 N–H and O–H groups in total. The second-order valence-electron chi connectivity index (χ2n) is 5.42. The zero-order valence-electron chi connectivity index (χ0n) is 12.3. The molecule has 0 amide bonds. The maximum Gasteiger partial charge on any atom is 0.101 e. The van der Waals surface area contributed by atoms with Crippen molar-refractivity contribution in [3.05, 3.63) is 54.0 Å². The van der Waals surface area contributed by atoms with Gasteiger partial charge in [-0.3, -0.25) is 4.98 Å². The number of aromatic amines is 1. The lowest BCUT2D eigenvalue weighted by atomic mass is 9.96. The summed E-state index contributed by atoms with van der Waals surface area (Å²) in [7, 11) is 0. The van der Waals surface area contributed by atoms with E-state index < -0.39 is 0 Å². The maximum absolute atomic E-state index is 9.01. The van der Waals surface area contributed by atoms with Gasteiger partial charge in [0.15, 0.2) is 0 Å². The number of benzene rings is 1. The Morgan fingerprint density at radius 3 is 2.95 bits per heavy atom. The van der Waals surface area contributed by atoms with E-state index in [1.54, 1.807) is 12.4 Å². The van der Waals surface area contributed by atoms with Crippen LogP contribution in [0.25, 0.3) is 22.0 Å². The number of nitrogens with one attached hydrogen (secondary N) is 2. The highest BCUT2D eigenvalue weighted by atomic mass is 14.7. The molecular formula is C18H16N4. The van der Waals surface area contributed by atoms with Gasteiger partial charge in [0.05, 0.1) is 5.56 Å². The molecule has 0 fully saturated rings. The van der Waals surface area contributed by atoms with E-state index in [1.807, 2.05) is 24.4 Å². The highest BCUT2D eigenvalue weighted by molar-refractivity contribution is 5.88. The van der Waals surface area contributed by atoms with Crippen molar-refractivity contribution in [3.63, 3.8) is 0 Å². The van der Waals surface area contributed by atoms with E-state index >= 15 is 0 Å². The third-order valence-corrected chi connectivity index (χ3v) is 3.92. The van der Waals surface area contributed by atoms with Gasteiger partial charge in [0.25, 0.3) is 0 Å². The Bertz CT molecular complexity index is 870. The molecule has 3 rings (SSSR count). The molecule has 1 aromatic carbocycles. The van der Waals surface area contributed by atoms with Crippen LogP contribution in [0.5, 0.6) is 0 Å². The Labute approximate surface area is 129 Å². The maximum atomic E-state index is 9.01. The first-order valence-corrected chi connectivity index (χ1v) is 7.18. The summed E-state index contributed by atoms with van der Waals surface area (Å²) in [5, 5.41) is 17.5. The lowest BCUT2D eigenvalue weighted by Gasteiger charge is -2.08. The quantitative estimate of drug-likeness (QED) is 0.704. The molecule has 2 aromatic heterocycles. The van der Waals surface area contributed by atoms with E-state index in [1.165, 1.54) is 11.8 Å². The van der Waals surface area contributed by atoms with E-state index in [-0.39, 0.29) is 0 Å². The first kappa shape index (κ1) is 14.0. The first-order chi connectivity index (χ1) is 10.7. The average molecular weight is 288 g/mol. The molecule has 1 unspecified atom stereocenters. The number of rotatable bonds is 4. The van der Waals surface area contributed by atoms with E-state index in [0.29, 0.717) is 11.5 Å². The first-order valence-electron chi connectivity index (χ1n) is 7.18. The number of aromatic nitrogens is 2. The second-order valence-corrected chi connectivity index (χ2v) is 5.42. The topological polar surface area (TPSA) is 76.3 Å². The molecule has 108 valence electrons. The van der Waals surface area contributed by atoms with Crippen molar-refractivity contribution in [1.82, 2.24) is 9.97 Å². The van der Waals surface area contributed by atoms with Crippen LogP contribution < -0.4 is 0 Å². The molecule has 3 aromatic rings. The Morgan fingerprint density at radius 1 is 1.32 bits per heavy atom. The van der Waals surface area contributed by atoms with Crippen molar-refractivity contribution >= 4 is 17.1 Å². The van der Waals surface area contributed by atoms with Crippen LogP contribution in [-0.2, 0) is 0 Å². The fourth-order valence-electron chi connectivity index (χ4n) is 2.69. The smallest absolute Gasteiger partial charge is 0.101 e. The standard InChI is InChI=1S/C18H16N4/c1-12(4-5-19)17-11-22-18-3-2-14(7-16(17)18)15-6-13(8-20)9-21-10-15/h2-3,5-7,9-12,19,22H,4H2,1H3. The molecule has 0 aliphatic heterocycles. The average Bonchev–Trinajstić information content (AvgIpc) is 2.98. The van der Waals surface area contributed by atoms with E-state index in [9.17, 15) is 0 Å². The zero-order chi connectivity index (χ0) is 15.5. The number of pyridine rings is 1. The number of hydrogen-bond donors (Lipinski definition) is 2. The fraction of sp³-hybridized carbons (Fsp3) is 0.167. The van der Waals surface area contributed by atoms with E-state index in [2.05, 4.69) is 29.0 Å². The Hall–Kier alpha value is -2.93. The second kappa shape index (κ2) is 5.82. The molecule has 0 bridgehead atoms. The molecule has 4 heteroatoms. The molecule has 0 aliphatic rings. The van der Waals surface area contributed by atoms with Gasteiger partial charge in [-0.15, -0.1) is 0 Å². The highest BCUT2D eigenvalue weighted by Gasteiger charge is 2.11. The normalized spacial score (nSPS) is 12.0. The molecule has 2 heterocycles. The van der Waals surface area contributed by atoms with Crippen molar-refractivity contribution in [3.8, 4) is 17.2 Å². The predicted molar refractivity (Wildman–Crippen MR) is 88.1 cm³/mol. The largest absolute Gasteiger partial charge is 0.361 e. The fourth-order valence-corrected chi connectivity index (χ4v) is 2.69. The highest BCUT2D eigenvalue weighted by Crippen LogP contribution is 2.31. The van der Waals surface area contributed by atoms with Crippen LogP contribution in [0.4, 0.5) is 0 Å². The molecule has 0 radical (unpaired) electrons. The SMILES string of the molecule is CC(CC=N)c1c[nH]c2ccc(-c3cncc(C#N)c3)cc12. The van der Waals surface area contributed by atoms with Gasteiger partial charge < -0.3 is 10.4 Å². The van der Waals surface area contributed by atoms with Crippen LogP contribution in [0.3, 0.4) is 0 Å². The summed E-state index contributed by atoms with van der Waals surface area (Å²) in [5.74, 6) is 0.296. The lowest BCUT2D eigenvalue weighted by molar-refractivity contribution is 0.819. The summed E-state index contributed by atoms with van der Waals surface area (Å²) in [5.41, 5.74) is 4.83. The minimum Gasteiger partial charge on any atom is -0.361 e. The summed E-state index contributed by atoms with van der Waals surface area (Å²) in [6.07, 6.45) is 7.54. The van der Waals surface area contributed by atoms with Gasteiger partial charge >= 0.3 is 0 Å². The van der Waals surface area contributed by atoms with Gasteiger partial charge in [-0.05, 0) is 47.9 Å². The number of fused-ring (bicyclic) bond motifs is 1. The van der Waals surface area contributed by atoms with Gasteiger partial charge in [0.2, 0.25) is 0 Å². The molecule has 4 nitrogen and oxygen atoms in total. The Balaban J connectivity index is 2.10. The molecule has 22 heavy (non-hydrogen) atoms. The van der Waals surface area contributed by atoms with Gasteiger partial charge in [0.1, 0.15) is 6.07 Å². The molecule has 1 atom stereocenters. The monoisotopic (exact) mass is 288 g/mol. The van der Waals surface area contributed by atoms with Crippen molar-refractivity contribution in [2.45, 2.75) is 19.3 Å². The zero-order valence-corrected chi connectivity index (χ0v) is 12.3. The summed E-state index contributed by atoms with van der Waals surface area (Å²) in [4.78, 5) is 7.41. The van der Waals surface area contributed by atoms with Gasteiger partial charge in [-0.25, -0.2) is 0 Å². The van der Waals surface area contributed by atoms with Crippen LogP contribution in [0, 0.1) is 16.7 Å². The van der Waals surface area contributed by atoms with Gasteiger partial charge in [0, 0.05) is 35.1 Å². The molecule has 0 saturated carbocycles. The molecular weight excluding hydrogens is 272 g/mol. The van der Waals surface area contributed by atoms with Crippen molar-refractivity contribution < 1.29 is 0 Å². The predicted octanol–water partition coefficient (Wildman–Crippen LogP) is 4.24. The number of H-pyrrole nitrogens is 1. The third-order valence-electron chi connectivity index (χ3n) is 3.92. The van der Waals surface area contributed by atoms with Crippen molar-refractivity contribution in [2.24, 2.45) is 0 Å². The summed E-state index contributed by atoms with van der Waals surface area (Å²) >= 11 is 0. The van der Waals surface area contributed by atoms with Gasteiger partial charge in [-0.2, -0.15) is 5.26 Å². The summed E-state index contributed by atoms with van der Waals surface area (Å²) < 4.78 is 0. The number of nitriles is 1. The van der Waals surface area contributed by atoms with E-state index in [4.69, 9.17) is 10.7 Å². The van der Waals surface area contributed by atoms with Crippen LogP contribution in [0.15, 0.2) is 42.9 Å². The van der Waals surface area contributed by atoms with Crippen molar-refractivity contribution in [1.29, 1.82) is 10.7 Å². The minimum atomic E-state index is 0.296. The van der Waals surface area contributed by atoms with E-state index in [0.717, 1.165) is 28.5 Å². The number of hydrogen-bond acceptors (Lipinski definition) is 3. The molecule has 0 saturated heterocycles. The van der Waals surface area contributed by atoms with Crippen LogP contribution in [-0.4, -0.2) is 16.2 Å². The van der Waals surface area contributed by atoms with Crippen LogP contribution >= 0.6 is 0 Å². The minimum absolute atomic E-state index is 0.296. The summed E-state index contributed by atoms with van der Waals surface area (Å²) in [6.45, 7) is 2.12. The van der Waals surface area contributed by atoms with Crippen LogP contribution in [0.1, 0.15) is 30.4 Å². The number of nitrogens with zero attached hydrogens (tertiary/aromatic N) is 2.